The second-order valence-electron chi connectivity index (χ2n) is 2.49. The smallest absolute Gasteiger partial charge is 1.00 e. The number of nitrogens with two attached hydrogens (primary N) is 3. The Kier molecular flexibility index (Phi) is 20.1. The van der Waals surface area contributed by atoms with Gasteiger partial charge in [-0.25, -0.2) is 25.4 Å². The van der Waals surface area contributed by atoms with Gasteiger partial charge in [-0.15, -0.1) is 0 Å². The number of carbonyl (C=O) groups excluding carboxylic acids is 2. The Bertz CT molecular complexity index is 381. The summed E-state index contributed by atoms with van der Waals surface area (Å²) in [4.78, 5) is 36.1. The van der Waals surface area contributed by atoms with Crippen LogP contribution in [0, 0.1) is 0 Å². The molecule has 11 heteroatoms. The summed E-state index contributed by atoms with van der Waals surface area (Å²) >= 11 is 0. The molecular formula is C9H16CaN6O4. The van der Waals surface area contributed by atoms with Crippen molar-refractivity contribution in [1.82, 2.24) is 15.4 Å². The Balaban J connectivity index is -0.0000000629. The predicted octanol–water partition coefficient (Wildman–Crippen LogP) is -2.04. The molecule has 10 nitrogen and oxygen atoms in total. The predicted molar refractivity (Wildman–Crippen MR) is 72.9 cm³/mol. The van der Waals surface area contributed by atoms with Gasteiger partial charge in [0.05, 0.1) is 0 Å². The first-order valence-corrected chi connectivity index (χ1v) is 4.56. The van der Waals surface area contributed by atoms with Crippen molar-refractivity contribution in [3.63, 3.8) is 0 Å². The third-order valence-electron chi connectivity index (χ3n) is 1.01. The van der Waals surface area contributed by atoms with Crippen molar-refractivity contribution in [3.05, 3.63) is 36.9 Å². The van der Waals surface area contributed by atoms with Crippen LogP contribution in [0.5, 0.6) is 0 Å². The Morgan fingerprint density at radius 1 is 1.15 bits per heavy atom. The summed E-state index contributed by atoms with van der Waals surface area (Å²) < 4.78 is 0. The van der Waals surface area contributed by atoms with Gasteiger partial charge in [-0.1, -0.05) is 0 Å². The maximum absolute atomic E-state index is 9.78. The molecule has 0 saturated heterocycles. The Morgan fingerprint density at radius 3 is 1.70 bits per heavy atom. The number of nitrogens with one attached hydrogen (secondary N) is 1. The monoisotopic (exact) mass is 312 g/mol. The molecule has 1 heterocycles. The number of urea groups is 1. The van der Waals surface area contributed by atoms with Crippen molar-refractivity contribution in [3.8, 4) is 0 Å². The van der Waals surface area contributed by atoms with Crippen LogP contribution in [0.1, 0.15) is 2.85 Å². The molecule has 0 aliphatic rings. The minimum Gasteiger partial charge on any atom is -1.00 e. The molecule has 0 bridgehead atoms. The number of aromatic nitrogens is 2. The van der Waals surface area contributed by atoms with Crippen LogP contribution in [0.2, 0.25) is 0 Å². The molecule has 3 amide bonds. The maximum Gasteiger partial charge on any atom is 2.00 e. The molecule has 20 heavy (non-hydrogen) atoms. The summed E-state index contributed by atoms with van der Waals surface area (Å²) in [6.07, 6.45) is 6.34. The van der Waals surface area contributed by atoms with E-state index >= 15 is 0 Å². The standard InChI is InChI=1S/C4H4N2.C4H5NO3.CH5N3O.Ca.2H/c1-2-5-4-6-3-1;5-3(6)1-2-4(7)8;2-1(5)4-3;;;/h1-4H;1-2H,(H2,5,6)(H,7,8);3H2,(H3,2,4,5);;;/q;;;+2;2*-1/b;2-1-;;;;. The van der Waals surface area contributed by atoms with Crippen LogP contribution in [0.25, 0.3) is 0 Å². The molecular weight excluding hydrogens is 296 g/mol. The van der Waals surface area contributed by atoms with E-state index in [1.807, 2.05) is 0 Å². The second kappa shape index (κ2) is 17.2. The van der Waals surface area contributed by atoms with Crippen molar-refractivity contribution < 1.29 is 22.3 Å². The van der Waals surface area contributed by atoms with Crippen molar-refractivity contribution in [2.45, 2.75) is 0 Å². The van der Waals surface area contributed by atoms with E-state index in [1.165, 1.54) is 6.33 Å². The zero-order chi connectivity index (χ0) is 15.1. The Morgan fingerprint density at radius 2 is 1.60 bits per heavy atom. The van der Waals surface area contributed by atoms with Gasteiger partial charge in [0.15, 0.2) is 0 Å². The molecule has 108 valence electrons. The minimum absolute atomic E-state index is 0. The fourth-order valence-corrected chi connectivity index (χ4v) is 0.407. The van der Waals surface area contributed by atoms with Crippen LogP contribution >= 0.6 is 0 Å². The molecule has 0 radical (unpaired) electrons. The number of amides is 3. The molecule has 1 aromatic heterocycles. The summed E-state index contributed by atoms with van der Waals surface area (Å²) in [7, 11) is 0. The average molecular weight is 312 g/mol. The first-order chi connectivity index (χ1) is 8.90. The Labute approximate surface area is 147 Å². The number of nitrogens with zero attached hydrogens (tertiary/aromatic N) is 2. The average Bonchev–Trinajstić information content (AvgIpc) is 2.40. The van der Waals surface area contributed by atoms with Gasteiger partial charge in [0.1, 0.15) is 6.33 Å². The summed E-state index contributed by atoms with van der Waals surface area (Å²) in [6, 6.07) is 1.06. The van der Waals surface area contributed by atoms with Crippen LogP contribution < -0.4 is 22.7 Å². The third kappa shape index (κ3) is 29.9. The molecule has 0 aromatic carbocycles. The van der Waals surface area contributed by atoms with Gasteiger partial charge in [-0.2, -0.15) is 0 Å². The molecule has 0 aliphatic carbocycles. The number of aliphatic carboxylic acids is 1. The molecule has 0 saturated carbocycles. The number of hydrogen-bond donors (Lipinski definition) is 5. The van der Waals surface area contributed by atoms with Crippen molar-refractivity contribution >= 4 is 55.6 Å². The number of hydrazine groups is 1. The summed E-state index contributed by atoms with van der Waals surface area (Å²) in [5.74, 6) is 2.51. The zero-order valence-corrected chi connectivity index (χ0v) is 12.7. The number of carbonyl (C=O) groups is 3. The van der Waals surface area contributed by atoms with Crippen LogP contribution in [0.4, 0.5) is 4.79 Å². The zero-order valence-electron chi connectivity index (χ0n) is 12.5. The first-order valence-electron chi connectivity index (χ1n) is 4.56. The van der Waals surface area contributed by atoms with E-state index in [0.717, 1.165) is 6.08 Å². The van der Waals surface area contributed by atoms with Gasteiger partial charge < -0.3 is 19.4 Å². The Hall–Kier alpha value is -1.75. The summed E-state index contributed by atoms with van der Waals surface area (Å²) in [6.45, 7) is 0. The van der Waals surface area contributed by atoms with Gasteiger partial charge in [0, 0.05) is 24.5 Å². The van der Waals surface area contributed by atoms with Gasteiger partial charge >= 0.3 is 49.7 Å². The summed E-state index contributed by atoms with van der Waals surface area (Å²) in [5.41, 5.74) is 10.6. The fourth-order valence-electron chi connectivity index (χ4n) is 0.407. The van der Waals surface area contributed by atoms with E-state index in [2.05, 4.69) is 27.3 Å². The van der Waals surface area contributed by atoms with E-state index in [-0.39, 0.29) is 40.6 Å². The van der Waals surface area contributed by atoms with E-state index in [4.69, 9.17) is 5.11 Å². The molecule has 1 aromatic rings. The van der Waals surface area contributed by atoms with E-state index in [0.29, 0.717) is 6.08 Å². The van der Waals surface area contributed by atoms with E-state index in [9.17, 15) is 14.4 Å². The number of primary amides is 2. The SMILES string of the molecule is NC(=O)/C=C\C(=O)O.NNC(N)=O.[Ca+2].[H-].[H-].c1cncnc1. The second-order valence-corrected chi connectivity index (χ2v) is 2.49. The topological polar surface area (TPSA) is 187 Å². The molecule has 8 N–H and O–H groups in total. The van der Waals surface area contributed by atoms with E-state index in [1.54, 1.807) is 23.9 Å². The van der Waals surface area contributed by atoms with Crippen molar-refractivity contribution in [1.29, 1.82) is 0 Å². The van der Waals surface area contributed by atoms with Gasteiger partial charge in [-0.05, 0) is 6.07 Å². The number of carboxylic acids is 1. The summed E-state index contributed by atoms with van der Waals surface area (Å²) in [5, 5.41) is 7.87. The molecule has 0 fully saturated rings. The van der Waals surface area contributed by atoms with Crippen LogP contribution in [0.15, 0.2) is 36.9 Å². The molecule has 0 unspecified atom stereocenters. The number of rotatable bonds is 2. The van der Waals surface area contributed by atoms with Gasteiger partial charge in [0.2, 0.25) is 5.91 Å². The van der Waals surface area contributed by atoms with Gasteiger partial charge in [-0.3, -0.25) is 10.2 Å². The van der Waals surface area contributed by atoms with Crippen LogP contribution in [-0.2, 0) is 9.59 Å². The van der Waals surface area contributed by atoms with E-state index < -0.39 is 17.9 Å². The van der Waals surface area contributed by atoms with Crippen molar-refractivity contribution in [2.75, 3.05) is 0 Å². The molecule has 0 spiro atoms. The fraction of sp³-hybridized carbons (Fsp3) is 0. The first kappa shape index (κ1) is 23.4. The van der Waals surface area contributed by atoms with Gasteiger partial charge in [0.25, 0.3) is 0 Å². The molecule has 1 rings (SSSR count). The van der Waals surface area contributed by atoms with Crippen LogP contribution in [0.3, 0.4) is 0 Å². The van der Waals surface area contributed by atoms with Crippen LogP contribution in [-0.4, -0.2) is 70.7 Å². The molecule has 0 atom stereocenters. The minimum atomic E-state index is -1.18. The third-order valence-corrected chi connectivity index (χ3v) is 1.01. The maximum atomic E-state index is 9.78. The quantitative estimate of drug-likeness (QED) is 0.137. The molecule has 0 aliphatic heterocycles. The normalized spacial score (nSPS) is 7.85. The number of hydrogen-bond acceptors (Lipinski definition) is 6. The van der Waals surface area contributed by atoms with Crippen molar-refractivity contribution in [2.24, 2.45) is 17.3 Å². The number of carboxylic acid groups (broad SMARTS) is 1. The largest absolute Gasteiger partial charge is 2.00 e.